The number of nitrogens with zero attached hydrogens (tertiary/aromatic N) is 1. The van der Waals surface area contributed by atoms with E-state index in [1.54, 1.807) is 11.8 Å². The van der Waals surface area contributed by atoms with E-state index < -0.39 is 0 Å². The summed E-state index contributed by atoms with van der Waals surface area (Å²) in [4.78, 5) is 16.8. The van der Waals surface area contributed by atoms with Crippen molar-refractivity contribution in [3.8, 4) is 0 Å². The van der Waals surface area contributed by atoms with E-state index in [1.165, 1.54) is 15.4 Å². The molecule has 1 atom stereocenters. The maximum Gasteiger partial charge on any atom is 0.137 e. The van der Waals surface area contributed by atoms with Gasteiger partial charge in [0.25, 0.3) is 0 Å². The lowest BCUT2D eigenvalue weighted by Gasteiger charge is -2.36. The third kappa shape index (κ3) is 2.25. The van der Waals surface area contributed by atoms with Crippen LogP contribution in [0.15, 0.2) is 52.3 Å². The lowest BCUT2D eigenvalue weighted by atomic mass is 9.93. The number of hydrogen-bond donors (Lipinski definition) is 0. The number of hydrogen-bond acceptors (Lipinski definition) is 3. The van der Waals surface area contributed by atoms with Gasteiger partial charge in [-0.15, -0.1) is 0 Å². The van der Waals surface area contributed by atoms with Gasteiger partial charge in [0, 0.05) is 34.2 Å². The SMILES string of the molecule is O=C1CCN2c3cc(Cl)ccc3Sc3ccccc3C2C1. The topological polar surface area (TPSA) is 20.3 Å². The molecule has 0 aromatic heterocycles. The monoisotopic (exact) mass is 315 g/mol. The highest BCUT2D eigenvalue weighted by molar-refractivity contribution is 7.99. The molecular formula is C17H14ClNOS. The number of fused-ring (bicyclic) bond motifs is 5. The van der Waals surface area contributed by atoms with E-state index in [1.807, 2.05) is 12.1 Å². The van der Waals surface area contributed by atoms with E-state index in [0.29, 0.717) is 18.6 Å². The number of piperidine rings is 1. The molecule has 106 valence electrons. The predicted octanol–water partition coefficient (Wildman–Crippen LogP) is 4.72. The largest absolute Gasteiger partial charge is 0.363 e. The number of Topliss-reactive ketones (excluding diaryl/α,β-unsaturated/α-hetero) is 1. The zero-order valence-electron chi connectivity index (χ0n) is 11.4. The average molecular weight is 316 g/mol. The predicted molar refractivity (Wildman–Crippen MR) is 86.3 cm³/mol. The van der Waals surface area contributed by atoms with Crippen molar-refractivity contribution in [3.05, 3.63) is 53.1 Å². The van der Waals surface area contributed by atoms with Crippen molar-refractivity contribution in [1.82, 2.24) is 0 Å². The molecule has 1 fully saturated rings. The molecule has 0 saturated carbocycles. The van der Waals surface area contributed by atoms with Gasteiger partial charge in [0.2, 0.25) is 0 Å². The zero-order chi connectivity index (χ0) is 14.4. The van der Waals surface area contributed by atoms with E-state index in [2.05, 4.69) is 35.2 Å². The average Bonchev–Trinajstić information content (AvgIpc) is 2.62. The lowest BCUT2D eigenvalue weighted by Crippen LogP contribution is -2.37. The Balaban J connectivity index is 1.93. The Morgan fingerprint density at radius 1 is 1.14 bits per heavy atom. The van der Waals surface area contributed by atoms with Crippen LogP contribution in [0.3, 0.4) is 0 Å². The minimum atomic E-state index is 0.134. The Hall–Kier alpha value is -1.45. The first-order valence-corrected chi connectivity index (χ1v) is 8.26. The van der Waals surface area contributed by atoms with Gasteiger partial charge >= 0.3 is 0 Å². The number of benzene rings is 2. The summed E-state index contributed by atoms with van der Waals surface area (Å²) in [6, 6.07) is 14.6. The summed E-state index contributed by atoms with van der Waals surface area (Å²) >= 11 is 7.97. The summed E-state index contributed by atoms with van der Waals surface area (Å²) in [5.74, 6) is 0.349. The van der Waals surface area contributed by atoms with Crippen molar-refractivity contribution in [2.45, 2.75) is 28.7 Å². The van der Waals surface area contributed by atoms with Gasteiger partial charge in [-0.05, 0) is 29.8 Å². The number of carbonyl (C=O) groups is 1. The molecule has 2 aliphatic rings. The first kappa shape index (κ1) is 13.2. The molecule has 0 N–H and O–H groups in total. The Morgan fingerprint density at radius 2 is 2.00 bits per heavy atom. The van der Waals surface area contributed by atoms with Crippen LogP contribution in [-0.4, -0.2) is 12.3 Å². The van der Waals surface area contributed by atoms with Crippen LogP contribution in [-0.2, 0) is 4.79 Å². The molecular weight excluding hydrogens is 302 g/mol. The van der Waals surface area contributed by atoms with Crippen LogP contribution in [0.4, 0.5) is 5.69 Å². The number of ketones is 1. The summed E-state index contributed by atoms with van der Waals surface area (Å²) < 4.78 is 0. The zero-order valence-corrected chi connectivity index (χ0v) is 13.0. The molecule has 2 nitrogen and oxygen atoms in total. The summed E-state index contributed by atoms with van der Waals surface area (Å²) in [5.41, 5.74) is 2.41. The number of halogens is 1. The van der Waals surface area contributed by atoms with Crippen molar-refractivity contribution in [1.29, 1.82) is 0 Å². The molecule has 21 heavy (non-hydrogen) atoms. The number of anilines is 1. The minimum absolute atomic E-state index is 0.134. The highest BCUT2D eigenvalue weighted by Crippen LogP contribution is 2.48. The van der Waals surface area contributed by atoms with Crippen LogP contribution in [0.1, 0.15) is 24.4 Å². The molecule has 2 heterocycles. The maximum absolute atomic E-state index is 12.0. The fourth-order valence-corrected chi connectivity index (χ4v) is 4.45. The fraction of sp³-hybridized carbons (Fsp3) is 0.235. The molecule has 4 heteroatoms. The van der Waals surface area contributed by atoms with Crippen LogP contribution in [0.5, 0.6) is 0 Å². The molecule has 0 amide bonds. The van der Waals surface area contributed by atoms with Gasteiger partial charge in [0.1, 0.15) is 5.78 Å². The summed E-state index contributed by atoms with van der Waals surface area (Å²) in [6.07, 6.45) is 1.21. The minimum Gasteiger partial charge on any atom is -0.363 e. The van der Waals surface area contributed by atoms with E-state index >= 15 is 0 Å². The number of carbonyl (C=O) groups excluding carboxylic acids is 1. The highest BCUT2D eigenvalue weighted by Gasteiger charge is 2.33. The van der Waals surface area contributed by atoms with Gasteiger partial charge in [-0.2, -0.15) is 0 Å². The molecule has 0 aliphatic carbocycles. The molecule has 0 radical (unpaired) electrons. The highest BCUT2D eigenvalue weighted by atomic mass is 35.5. The molecule has 1 unspecified atom stereocenters. The fourth-order valence-electron chi connectivity index (χ4n) is 3.16. The van der Waals surface area contributed by atoms with E-state index in [0.717, 1.165) is 17.3 Å². The van der Waals surface area contributed by atoms with Gasteiger partial charge in [-0.25, -0.2) is 0 Å². The molecule has 0 spiro atoms. The van der Waals surface area contributed by atoms with Crippen LogP contribution >= 0.6 is 23.4 Å². The molecule has 4 rings (SSSR count). The Bertz CT molecular complexity index is 730. The van der Waals surface area contributed by atoms with E-state index in [9.17, 15) is 4.79 Å². The van der Waals surface area contributed by atoms with Crippen molar-refractivity contribution >= 4 is 34.8 Å². The Morgan fingerprint density at radius 3 is 2.90 bits per heavy atom. The molecule has 2 aromatic rings. The van der Waals surface area contributed by atoms with Crippen molar-refractivity contribution in [3.63, 3.8) is 0 Å². The third-order valence-corrected chi connectivity index (χ3v) is 5.55. The normalized spacial score (nSPS) is 20.3. The smallest absolute Gasteiger partial charge is 0.137 e. The van der Waals surface area contributed by atoms with Crippen molar-refractivity contribution in [2.24, 2.45) is 0 Å². The summed E-state index contributed by atoms with van der Waals surface area (Å²) in [6.45, 7) is 0.770. The maximum atomic E-state index is 12.0. The second kappa shape index (κ2) is 5.08. The summed E-state index contributed by atoms with van der Waals surface area (Å²) in [7, 11) is 0. The van der Waals surface area contributed by atoms with Gasteiger partial charge < -0.3 is 4.90 Å². The number of rotatable bonds is 0. The van der Waals surface area contributed by atoms with Gasteiger partial charge in [-0.1, -0.05) is 41.6 Å². The van der Waals surface area contributed by atoms with Gasteiger partial charge in [0.05, 0.1) is 11.7 Å². The van der Waals surface area contributed by atoms with E-state index in [4.69, 9.17) is 11.6 Å². The second-order valence-corrected chi connectivity index (χ2v) is 6.97. The van der Waals surface area contributed by atoms with E-state index in [-0.39, 0.29) is 6.04 Å². The summed E-state index contributed by atoms with van der Waals surface area (Å²) in [5, 5.41) is 0.746. The molecule has 2 aromatic carbocycles. The van der Waals surface area contributed by atoms with Crippen LogP contribution in [0.25, 0.3) is 0 Å². The molecule has 0 bridgehead atoms. The van der Waals surface area contributed by atoms with Gasteiger partial charge in [0.15, 0.2) is 0 Å². The molecule has 2 aliphatic heterocycles. The lowest BCUT2D eigenvalue weighted by molar-refractivity contribution is -0.120. The second-order valence-electron chi connectivity index (χ2n) is 5.45. The van der Waals surface area contributed by atoms with Crippen LogP contribution in [0.2, 0.25) is 5.02 Å². The third-order valence-electron chi connectivity index (χ3n) is 4.16. The Labute approximate surface area is 133 Å². The van der Waals surface area contributed by atoms with Gasteiger partial charge in [-0.3, -0.25) is 4.79 Å². The van der Waals surface area contributed by atoms with Crippen molar-refractivity contribution < 1.29 is 4.79 Å². The Kier molecular flexibility index (Phi) is 3.20. The van der Waals surface area contributed by atoms with Crippen LogP contribution in [0, 0.1) is 0 Å². The molecule has 1 saturated heterocycles. The van der Waals surface area contributed by atoms with Crippen molar-refractivity contribution in [2.75, 3.05) is 11.4 Å². The first-order valence-electron chi connectivity index (χ1n) is 7.07. The standard InChI is InChI=1S/C17H14ClNOS/c18-11-5-6-17-15(9-11)19-8-7-12(20)10-14(19)13-3-1-2-4-16(13)21-17/h1-6,9,14H,7-8,10H2. The quantitative estimate of drug-likeness (QED) is 0.702. The first-order chi connectivity index (χ1) is 10.2. The van der Waals surface area contributed by atoms with Crippen LogP contribution < -0.4 is 4.90 Å².